The lowest BCUT2D eigenvalue weighted by molar-refractivity contribution is -0.270. The molecule has 1 fully saturated rings. The van der Waals surface area contributed by atoms with Gasteiger partial charge < -0.3 is 28.4 Å². The molecule has 3 heterocycles. The van der Waals surface area contributed by atoms with Crippen molar-refractivity contribution in [1.29, 1.82) is 5.26 Å². The van der Waals surface area contributed by atoms with Crippen LogP contribution in [0.15, 0.2) is 60.8 Å². The van der Waals surface area contributed by atoms with Crippen LogP contribution in [0.3, 0.4) is 0 Å². The number of nitriles is 1. The van der Waals surface area contributed by atoms with Gasteiger partial charge in [0.1, 0.15) is 36.6 Å². The van der Waals surface area contributed by atoms with Crippen molar-refractivity contribution in [2.75, 3.05) is 6.61 Å². The van der Waals surface area contributed by atoms with Crippen LogP contribution in [0.1, 0.15) is 70.5 Å². The van der Waals surface area contributed by atoms with Crippen molar-refractivity contribution in [2.24, 2.45) is 0 Å². The number of benzene rings is 2. The Labute approximate surface area is 316 Å². The Balaban J connectivity index is 1.50. The van der Waals surface area contributed by atoms with Gasteiger partial charge in [0.2, 0.25) is 5.88 Å². The summed E-state index contributed by atoms with van der Waals surface area (Å²) in [5.41, 5.74) is 4.23. The first-order chi connectivity index (χ1) is 25.7. The van der Waals surface area contributed by atoms with E-state index in [1.165, 1.54) is 17.8 Å². The van der Waals surface area contributed by atoms with Crippen molar-refractivity contribution in [3.63, 3.8) is 0 Å². The summed E-state index contributed by atoms with van der Waals surface area (Å²) in [5, 5.41) is 19.3. The summed E-state index contributed by atoms with van der Waals surface area (Å²) in [7, 11) is 0. The molecule has 0 unspecified atom stereocenters. The molecule has 5 rings (SSSR count). The highest BCUT2D eigenvalue weighted by Crippen LogP contribution is 2.36. The molecule has 0 spiro atoms. The first-order valence-corrected chi connectivity index (χ1v) is 17.3. The van der Waals surface area contributed by atoms with Crippen molar-refractivity contribution in [1.82, 2.24) is 20.0 Å². The highest BCUT2D eigenvalue weighted by molar-refractivity contribution is 6.30. The number of ether oxygens (including phenoxy) is 6. The molecule has 4 aromatic rings. The molecule has 1 saturated heterocycles. The number of carbonyl (C=O) groups excluding carboxylic acids is 4. The van der Waals surface area contributed by atoms with Gasteiger partial charge in [-0.3, -0.25) is 19.2 Å². The van der Waals surface area contributed by atoms with Gasteiger partial charge >= 0.3 is 23.9 Å². The van der Waals surface area contributed by atoms with Gasteiger partial charge in [0.05, 0.1) is 11.9 Å². The third-order valence-corrected chi connectivity index (χ3v) is 8.52. The molecule has 1 aliphatic heterocycles. The average Bonchev–Trinajstić information content (AvgIpc) is 3.59. The monoisotopic (exact) mass is 759 g/mol. The van der Waals surface area contributed by atoms with Gasteiger partial charge in [-0.2, -0.15) is 5.26 Å². The molecule has 2 aromatic heterocycles. The molecule has 0 amide bonds. The van der Waals surface area contributed by atoms with Crippen LogP contribution in [0.25, 0.3) is 22.4 Å². The molecule has 0 bridgehead atoms. The van der Waals surface area contributed by atoms with Crippen molar-refractivity contribution in [3.05, 3.63) is 82.6 Å². The largest absolute Gasteiger partial charge is 0.470 e. The number of hydrogen-bond acceptors (Lipinski definition) is 14. The number of aromatic nitrogens is 4. The Kier molecular flexibility index (Phi) is 12.6. The van der Waals surface area contributed by atoms with Crippen molar-refractivity contribution in [3.8, 4) is 34.3 Å². The topological polar surface area (TPSA) is 191 Å². The Morgan fingerprint density at radius 2 is 1.48 bits per heavy atom. The van der Waals surface area contributed by atoms with E-state index < -0.39 is 61.1 Å². The van der Waals surface area contributed by atoms with Crippen LogP contribution in [-0.4, -0.2) is 74.9 Å². The van der Waals surface area contributed by atoms with Crippen molar-refractivity contribution < 1.29 is 47.6 Å². The molecule has 0 aliphatic carbocycles. The standard InChI is InChI=1S/C38H38ClN5O10/c1-20(2)25-7-9-26(10-8-25)30-15-32(27-11-13-28(39)14-12-27)41-37(31(30)16-40)50-18-29-17-44(43-42-29)38-36(53-24(6)48)35(52-23(5)47)34(51-22(4)46)33(54-38)19-49-21(3)45/h7-15,17,20,33-36,38H,18-19H2,1-6H3/t33-,34-,35+,36-,38-/m1/s1. The maximum Gasteiger partial charge on any atom is 0.303 e. The van der Waals surface area contributed by atoms with Crippen LogP contribution < -0.4 is 4.74 Å². The van der Waals surface area contributed by atoms with E-state index in [1.54, 1.807) is 12.1 Å². The van der Waals surface area contributed by atoms with Crippen LogP contribution >= 0.6 is 11.6 Å². The fourth-order valence-corrected chi connectivity index (χ4v) is 5.97. The second-order valence-electron chi connectivity index (χ2n) is 12.7. The van der Waals surface area contributed by atoms with E-state index in [4.69, 9.17) is 40.0 Å². The van der Waals surface area contributed by atoms with Gasteiger partial charge in [-0.05, 0) is 35.2 Å². The highest BCUT2D eigenvalue weighted by Gasteiger charge is 2.53. The van der Waals surface area contributed by atoms with E-state index in [0.29, 0.717) is 22.2 Å². The number of hydrogen-bond donors (Lipinski definition) is 0. The van der Waals surface area contributed by atoms with Crippen LogP contribution in [-0.2, 0) is 49.5 Å². The van der Waals surface area contributed by atoms with Crippen LogP contribution in [0.4, 0.5) is 0 Å². The Morgan fingerprint density at radius 1 is 0.870 bits per heavy atom. The van der Waals surface area contributed by atoms with E-state index in [9.17, 15) is 24.4 Å². The number of pyridine rings is 1. The van der Waals surface area contributed by atoms with E-state index in [0.717, 1.165) is 37.5 Å². The maximum atomic E-state index is 12.3. The molecular formula is C38H38ClN5O10. The third-order valence-electron chi connectivity index (χ3n) is 8.27. The third kappa shape index (κ3) is 9.57. The molecule has 0 N–H and O–H groups in total. The zero-order valence-electron chi connectivity index (χ0n) is 30.3. The summed E-state index contributed by atoms with van der Waals surface area (Å²) in [6.45, 7) is 8.14. The lowest BCUT2D eigenvalue weighted by atomic mass is 9.95. The second-order valence-corrected chi connectivity index (χ2v) is 13.1. The van der Waals surface area contributed by atoms with E-state index in [1.807, 2.05) is 42.5 Å². The highest BCUT2D eigenvalue weighted by atomic mass is 35.5. The Morgan fingerprint density at radius 3 is 2.07 bits per heavy atom. The Bertz CT molecular complexity index is 2040. The number of carbonyl (C=O) groups is 4. The van der Waals surface area contributed by atoms with Gasteiger partial charge in [0.15, 0.2) is 24.5 Å². The molecule has 1 aliphatic rings. The zero-order valence-corrected chi connectivity index (χ0v) is 31.1. The quantitative estimate of drug-likeness (QED) is 0.130. The predicted octanol–water partition coefficient (Wildman–Crippen LogP) is 5.49. The molecule has 2 aromatic carbocycles. The summed E-state index contributed by atoms with van der Waals surface area (Å²) >= 11 is 6.15. The minimum absolute atomic E-state index is 0.0368. The average molecular weight is 760 g/mol. The molecule has 16 heteroatoms. The summed E-state index contributed by atoms with van der Waals surface area (Å²) in [5.74, 6) is -2.59. The molecule has 0 saturated carbocycles. The molecular weight excluding hydrogens is 722 g/mol. The van der Waals surface area contributed by atoms with Crippen LogP contribution in [0, 0.1) is 11.3 Å². The lowest BCUT2D eigenvalue weighted by Gasteiger charge is -2.44. The SMILES string of the molecule is CC(=O)OC[C@H]1O[C@@H](n2cc(COc3nc(-c4ccc(Cl)cc4)cc(-c4ccc(C(C)C)cc4)c3C#N)nn2)[C@H](OC(C)=O)[C@@H](OC(C)=O)[C@@H]1OC(C)=O. The summed E-state index contributed by atoms with van der Waals surface area (Å²) < 4.78 is 35.2. The van der Waals surface area contributed by atoms with Crippen molar-refractivity contribution >= 4 is 35.5 Å². The summed E-state index contributed by atoms with van der Waals surface area (Å²) in [4.78, 5) is 53.0. The van der Waals surface area contributed by atoms with E-state index in [2.05, 4.69) is 35.2 Å². The van der Waals surface area contributed by atoms with E-state index in [-0.39, 0.29) is 23.7 Å². The summed E-state index contributed by atoms with van der Waals surface area (Å²) in [6.07, 6.45) is -5.20. The number of rotatable bonds is 12. The number of halogens is 1. The normalized spacial score (nSPS) is 19.4. The van der Waals surface area contributed by atoms with Crippen LogP contribution in [0.2, 0.25) is 5.02 Å². The molecule has 15 nitrogen and oxygen atoms in total. The molecule has 0 radical (unpaired) electrons. The minimum Gasteiger partial charge on any atom is -0.470 e. The fourth-order valence-electron chi connectivity index (χ4n) is 5.84. The number of esters is 4. The van der Waals surface area contributed by atoms with Crippen LogP contribution in [0.5, 0.6) is 5.88 Å². The molecule has 5 atom stereocenters. The van der Waals surface area contributed by atoms with Gasteiger partial charge in [-0.1, -0.05) is 67.1 Å². The fraction of sp³-hybridized carbons (Fsp3) is 0.368. The molecule has 54 heavy (non-hydrogen) atoms. The predicted molar refractivity (Wildman–Crippen MR) is 190 cm³/mol. The van der Waals surface area contributed by atoms with Gasteiger partial charge in [-0.15, -0.1) is 5.10 Å². The number of nitrogens with zero attached hydrogens (tertiary/aromatic N) is 5. The smallest absolute Gasteiger partial charge is 0.303 e. The maximum absolute atomic E-state index is 12.3. The van der Waals surface area contributed by atoms with Gasteiger partial charge in [0, 0.05) is 43.8 Å². The lowest BCUT2D eigenvalue weighted by Crippen LogP contribution is -2.60. The Hall–Kier alpha value is -5.85. The zero-order chi connectivity index (χ0) is 39.1. The van der Waals surface area contributed by atoms with E-state index >= 15 is 0 Å². The minimum atomic E-state index is -1.40. The first-order valence-electron chi connectivity index (χ1n) is 16.9. The molecule has 282 valence electrons. The van der Waals surface area contributed by atoms with Crippen molar-refractivity contribution in [2.45, 2.75) is 84.7 Å². The summed E-state index contributed by atoms with van der Waals surface area (Å²) in [6, 6.07) is 19.1. The van der Waals surface area contributed by atoms with Gasteiger partial charge in [-0.25, -0.2) is 9.67 Å². The second kappa shape index (κ2) is 17.3. The first kappa shape index (κ1) is 39.4. The van der Waals surface area contributed by atoms with Gasteiger partial charge in [0.25, 0.3) is 0 Å².